The van der Waals surface area contributed by atoms with Gasteiger partial charge in [-0.25, -0.2) is 8.70 Å². The molecule has 1 aromatic heterocycles. The third kappa shape index (κ3) is 4.13. The maximum atomic E-state index is 13.2. The Bertz CT molecular complexity index is 1250. The second-order valence-electron chi connectivity index (χ2n) is 8.04. The number of hydrogen-bond donors (Lipinski definition) is 2. The lowest BCUT2D eigenvalue weighted by Gasteiger charge is -2.30. The Morgan fingerprint density at radius 3 is 2.44 bits per heavy atom. The quantitative estimate of drug-likeness (QED) is 0.405. The number of amides is 1. The molecule has 162 valence electrons. The number of piperidine rings is 1. The smallest absolute Gasteiger partial charge is 0.251 e. The van der Waals surface area contributed by atoms with E-state index in [9.17, 15) is 9.18 Å². The minimum atomic E-state index is -0.476. The number of primary amides is 1. The summed E-state index contributed by atoms with van der Waals surface area (Å²) in [5, 5.41) is 8.63. The van der Waals surface area contributed by atoms with Crippen molar-refractivity contribution in [2.75, 3.05) is 13.1 Å². The summed E-state index contributed by atoms with van der Waals surface area (Å²) in [6.07, 6.45) is 1.93. The van der Waals surface area contributed by atoms with E-state index < -0.39 is 5.91 Å². The molecule has 0 aliphatic carbocycles. The van der Waals surface area contributed by atoms with Crippen LogP contribution in [0.15, 0.2) is 71.6 Å². The van der Waals surface area contributed by atoms with Crippen molar-refractivity contribution in [1.82, 2.24) is 14.5 Å². The molecule has 32 heavy (non-hydrogen) atoms. The standard InChI is InChI=1S/C25H23FN4OS/c26-19-6-8-20(9-7-19)32-30-12-10-17(11-13-30)23-21-14-18(16-4-2-1-3-5-16)15-22(25(27)31)24(21)29-28-23/h1-9,14-15,17H,10-13H2,(H2,27,31)(H,28,29). The molecule has 5 nitrogen and oxygen atoms in total. The zero-order valence-electron chi connectivity index (χ0n) is 17.4. The molecule has 3 N–H and O–H groups in total. The summed E-state index contributed by atoms with van der Waals surface area (Å²) in [7, 11) is 0. The Balaban J connectivity index is 1.40. The van der Waals surface area contributed by atoms with Crippen molar-refractivity contribution in [3.05, 3.63) is 83.8 Å². The molecule has 3 aromatic carbocycles. The van der Waals surface area contributed by atoms with Crippen molar-refractivity contribution < 1.29 is 9.18 Å². The molecule has 1 fully saturated rings. The van der Waals surface area contributed by atoms with Crippen LogP contribution in [0, 0.1) is 5.82 Å². The van der Waals surface area contributed by atoms with E-state index in [4.69, 9.17) is 5.73 Å². The second-order valence-corrected chi connectivity index (χ2v) is 9.21. The lowest BCUT2D eigenvalue weighted by atomic mass is 9.90. The van der Waals surface area contributed by atoms with Gasteiger partial charge >= 0.3 is 0 Å². The van der Waals surface area contributed by atoms with Crippen molar-refractivity contribution in [3.8, 4) is 11.1 Å². The number of aromatic amines is 1. The van der Waals surface area contributed by atoms with Gasteiger partial charge in [-0.3, -0.25) is 9.89 Å². The zero-order chi connectivity index (χ0) is 22.1. The monoisotopic (exact) mass is 446 g/mol. The van der Waals surface area contributed by atoms with Crippen molar-refractivity contribution in [2.24, 2.45) is 5.73 Å². The Morgan fingerprint density at radius 1 is 1.03 bits per heavy atom. The maximum absolute atomic E-state index is 13.2. The van der Waals surface area contributed by atoms with Gasteiger partial charge in [0.05, 0.1) is 5.56 Å². The van der Waals surface area contributed by atoms with Gasteiger partial charge < -0.3 is 5.73 Å². The number of nitrogens with two attached hydrogens (primary N) is 1. The number of nitrogens with one attached hydrogen (secondary N) is 1. The Kier molecular flexibility index (Phi) is 5.68. The molecular weight excluding hydrogens is 423 g/mol. The zero-order valence-corrected chi connectivity index (χ0v) is 18.2. The van der Waals surface area contributed by atoms with Gasteiger partial charge in [0.1, 0.15) is 11.3 Å². The van der Waals surface area contributed by atoms with Gasteiger partial charge in [-0.15, -0.1) is 0 Å². The summed E-state index contributed by atoms with van der Waals surface area (Å²) in [6, 6.07) is 20.5. The van der Waals surface area contributed by atoms with Gasteiger partial charge in [0.15, 0.2) is 0 Å². The molecule has 0 atom stereocenters. The summed E-state index contributed by atoms with van der Waals surface area (Å²) >= 11 is 1.66. The van der Waals surface area contributed by atoms with Crippen molar-refractivity contribution in [1.29, 1.82) is 0 Å². The molecule has 1 aliphatic rings. The molecule has 4 aromatic rings. The van der Waals surface area contributed by atoms with E-state index in [0.717, 1.165) is 53.0 Å². The van der Waals surface area contributed by atoms with E-state index >= 15 is 0 Å². The highest BCUT2D eigenvalue weighted by molar-refractivity contribution is 7.97. The van der Waals surface area contributed by atoms with Gasteiger partial charge in [0.2, 0.25) is 0 Å². The molecule has 0 radical (unpaired) electrons. The van der Waals surface area contributed by atoms with Crippen LogP contribution in [0.1, 0.15) is 34.8 Å². The van der Waals surface area contributed by atoms with Gasteiger partial charge in [-0.2, -0.15) is 5.10 Å². The summed E-state index contributed by atoms with van der Waals surface area (Å²) < 4.78 is 15.5. The molecule has 5 rings (SSSR count). The van der Waals surface area contributed by atoms with Gasteiger partial charge in [0.25, 0.3) is 5.91 Å². The van der Waals surface area contributed by atoms with Crippen LogP contribution in [0.25, 0.3) is 22.0 Å². The van der Waals surface area contributed by atoms with Gasteiger partial charge in [-0.05, 0) is 72.3 Å². The lowest BCUT2D eigenvalue weighted by molar-refractivity contribution is 0.100. The molecule has 1 amide bonds. The minimum Gasteiger partial charge on any atom is -0.366 e. The number of aromatic nitrogens is 2. The highest BCUT2D eigenvalue weighted by atomic mass is 32.2. The fourth-order valence-electron chi connectivity index (χ4n) is 4.31. The van der Waals surface area contributed by atoms with Gasteiger partial charge in [-0.1, -0.05) is 30.3 Å². The average molecular weight is 447 g/mol. The van der Waals surface area contributed by atoms with Crippen LogP contribution in [-0.4, -0.2) is 33.5 Å². The second kappa shape index (κ2) is 8.76. The van der Waals surface area contributed by atoms with Crippen LogP contribution in [0.4, 0.5) is 4.39 Å². The summed E-state index contributed by atoms with van der Waals surface area (Å²) in [5.41, 5.74) is 9.82. The van der Waals surface area contributed by atoms with E-state index in [1.165, 1.54) is 12.1 Å². The summed E-state index contributed by atoms with van der Waals surface area (Å²) in [4.78, 5) is 13.2. The largest absolute Gasteiger partial charge is 0.366 e. The van der Waals surface area contributed by atoms with Crippen molar-refractivity contribution in [3.63, 3.8) is 0 Å². The first-order valence-electron chi connectivity index (χ1n) is 10.6. The van der Waals surface area contributed by atoms with E-state index in [1.807, 2.05) is 48.5 Å². The number of fused-ring (bicyclic) bond motifs is 1. The summed E-state index contributed by atoms with van der Waals surface area (Å²) in [5.74, 6) is -0.377. The highest BCUT2D eigenvalue weighted by Gasteiger charge is 2.26. The van der Waals surface area contributed by atoms with Gasteiger partial charge in [0, 0.05) is 35.0 Å². The van der Waals surface area contributed by atoms with Crippen molar-refractivity contribution in [2.45, 2.75) is 23.7 Å². The third-order valence-corrected chi connectivity index (χ3v) is 7.08. The van der Waals surface area contributed by atoms with Crippen LogP contribution in [0.3, 0.4) is 0 Å². The fourth-order valence-corrected chi connectivity index (χ4v) is 5.26. The van der Waals surface area contributed by atoms with E-state index in [1.54, 1.807) is 11.9 Å². The molecule has 0 bridgehead atoms. The average Bonchev–Trinajstić information content (AvgIpc) is 3.25. The normalized spacial score (nSPS) is 15.3. The van der Waals surface area contributed by atoms with Crippen LogP contribution in [0.5, 0.6) is 0 Å². The maximum Gasteiger partial charge on any atom is 0.251 e. The predicted octanol–water partition coefficient (Wildman–Crippen LogP) is 5.35. The lowest BCUT2D eigenvalue weighted by Crippen LogP contribution is -2.27. The predicted molar refractivity (Wildman–Crippen MR) is 126 cm³/mol. The number of halogens is 1. The van der Waals surface area contributed by atoms with E-state index in [2.05, 4.69) is 20.6 Å². The first-order valence-corrected chi connectivity index (χ1v) is 11.4. The number of nitrogens with zero attached hydrogens (tertiary/aromatic N) is 2. The van der Waals surface area contributed by atoms with Crippen molar-refractivity contribution >= 4 is 28.8 Å². The number of hydrogen-bond acceptors (Lipinski definition) is 4. The SMILES string of the molecule is NC(=O)c1cc(-c2ccccc2)cc2c(C3CCN(Sc4ccc(F)cc4)CC3)[nH]nc12. The molecule has 1 aliphatic heterocycles. The molecule has 2 heterocycles. The topological polar surface area (TPSA) is 75.0 Å². The van der Waals surface area contributed by atoms with Crippen LogP contribution < -0.4 is 5.73 Å². The number of carbonyl (C=O) groups is 1. The highest BCUT2D eigenvalue weighted by Crippen LogP contribution is 2.37. The Hall–Kier alpha value is -3.16. The minimum absolute atomic E-state index is 0.218. The fraction of sp³-hybridized carbons (Fsp3) is 0.200. The molecule has 7 heteroatoms. The van der Waals surface area contributed by atoms with Crippen LogP contribution >= 0.6 is 11.9 Å². The molecule has 0 spiro atoms. The van der Waals surface area contributed by atoms with E-state index in [0.29, 0.717) is 17.0 Å². The molecule has 0 saturated carbocycles. The van der Waals surface area contributed by atoms with E-state index in [-0.39, 0.29) is 5.82 Å². The first-order chi connectivity index (χ1) is 15.6. The Labute approximate surface area is 189 Å². The summed E-state index contributed by atoms with van der Waals surface area (Å²) in [6.45, 7) is 1.82. The van der Waals surface area contributed by atoms with Crippen LogP contribution in [0.2, 0.25) is 0 Å². The number of benzene rings is 3. The third-order valence-electron chi connectivity index (χ3n) is 5.97. The number of rotatable bonds is 5. The molecule has 1 saturated heterocycles. The first kappa shape index (κ1) is 20.7. The molecular formula is C25H23FN4OS. The molecule has 0 unspecified atom stereocenters. The van der Waals surface area contributed by atoms with Crippen LogP contribution in [-0.2, 0) is 0 Å². The number of carbonyl (C=O) groups excluding carboxylic acids is 1. The number of H-pyrrole nitrogens is 1. The Morgan fingerprint density at radius 2 is 1.75 bits per heavy atom.